The molecule has 0 saturated heterocycles. The Morgan fingerprint density at radius 3 is 0.942 bits per heavy atom. The quantitative estimate of drug-likeness (QED) is 0.177. The minimum absolute atomic E-state index is 0.354. The number of fused-ring (bicyclic) bond motifs is 15. The van der Waals surface area contributed by atoms with E-state index in [0.29, 0.717) is 33.9 Å². The van der Waals surface area contributed by atoms with Crippen molar-refractivity contribution in [2.75, 3.05) is 0 Å². The lowest BCUT2D eigenvalue weighted by molar-refractivity contribution is 0.669. The van der Waals surface area contributed by atoms with Crippen molar-refractivity contribution < 1.29 is 4.42 Å². The smallest absolute Gasteiger partial charge is 0.137 e. The van der Waals surface area contributed by atoms with E-state index in [1.807, 2.05) is 24.3 Å². The molecule has 7 heteroatoms. The van der Waals surface area contributed by atoms with Crippen LogP contribution in [0.3, 0.4) is 0 Å². The average molecular weight is 879 g/mol. The zero-order chi connectivity index (χ0) is 45.5. The Bertz CT molecular complexity index is 4510. The minimum Gasteiger partial charge on any atom is -0.456 e. The first-order chi connectivity index (χ1) is 34.2. The van der Waals surface area contributed by atoms with E-state index in [4.69, 9.17) is 4.42 Å². The maximum Gasteiger partial charge on any atom is 0.137 e. The molecule has 0 bridgehead atoms. The van der Waals surface area contributed by atoms with Crippen LogP contribution < -0.4 is 0 Å². The van der Waals surface area contributed by atoms with Gasteiger partial charge < -0.3 is 22.7 Å². The summed E-state index contributed by atoms with van der Waals surface area (Å²) >= 11 is 0. The van der Waals surface area contributed by atoms with Gasteiger partial charge in [-0.25, -0.2) is 0 Å². The second-order valence-electron chi connectivity index (χ2n) is 17.8. The lowest BCUT2D eigenvalue weighted by Crippen LogP contribution is -2.16. The van der Waals surface area contributed by atoms with Gasteiger partial charge in [0, 0.05) is 59.9 Å². The van der Waals surface area contributed by atoms with E-state index >= 15 is 0 Å². The number of rotatable bonds is 4. The van der Waals surface area contributed by atoms with Crippen LogP contribution in [0.1, 0.15) is 11.1 Å². The highest BCUT2D eigenvalue weighted by molar-refractivity contribution is 6.19. The lowest BCUT2D eigenvalue weighted by Gasteiger charge is -2.27. The van der Waals surface area contributed by atoms with E-state index in [-0.39, 0.29) is 0 Å². The normalized spacial score (nSPS) is 12.0. The van der Waals surface area contributed by atoms with E-state index in [9.17, 15) is 10.5 Å². The summed E-state index contributed by atoms with van der Waals surface area (Å²) in [5.41, 5.74) is 12.1. The third-order valence-electron chi connectivity index (χ3n) is 14.4. The summed E-state index contributed by atoms with van der Waals surface area (Å²) in [4.78, 5) is 0. The fourth-order valence-corrected chi connectivity index (χ4v) is 11.7. The summed E-state index contributed by atoms with van der Waals surface area (Å²) in [7, 11) is 0. The molecule has 7 nitrogen and oxygen atoms in total. The third-order valence-corrected chi connectivity index (χ3v) is 14.4. The van der Waals surface area contributed by atoms with Gasteiger partial charge in [0.25, 0.3) is 0 Å². The number of para-hydroxylation sites is 8. The summed E-state index contributed by atoms with van der Waals surface area (Å²) in [6, 6.07) is 77.1. The van der Waals surface area contributed by atoms with Crippen LogP contribution in [-0.4, -0.2) is 18.3 Å². The number of aromatic nitrogens is 4. The zero-order valence-electron chi connectivity index (χ0n) is 36.7. The number of benzene rings is 10. The Balaban J connectivity index is 1.27. The first-order valence-corrected chi connectivity index (χ1v) is 23.1. The standard InChI is InChI=1S/C62H34N6O/c63-35-47-59(68-55-31-15-7-23-43(55)45-33-46-44-24-8-16-32-57(44)69-58(46)34-56(45)68)48(36-64)61(66-51-27-11-3-19-39(51)40-20-4-12-28-52(40)66)62(67-53-29-13-5-21-41(53)42-22-6-14-30-54(42)67)60(47)65-49-25-9-1-17-37(49)38-18-2-10-26-50(38)65/h1-34H. The topological polar surface area (TPSA) is 80.4 Å². The SMILES string of the molecule is N#Cc1c(-n2c3ccccc3c3cc4c(cc32)oc2ccccc24)c(C#N)c(-n2c3ccccc3c3ccccc32)c(-n2c3ccccc3c3ccccc32)c1-n1c2ccccc2c2ccccc21. The molecule has 0 amide bonds. The van der Waals surface area contributed by atoms with Crippen molar-refractivity contribution in [3.8, 4) is 34.9 Å². The number of hydrogen-bond donors (Lipinski definition) is 0. The monoisotopic (exact) mass is 878 g/mol. The van der Waals surface area contributed by atoms with Gasteiger partial charge in [0.2, 0.25) is 0 Å². The van der Waals surface area contributed by atoms with Crippen molar-refractivity contribution in [3.63, 3.8) is 0 Å². The minimum atomic E-state index is 0.354. The molecule has 0 aliphatic heterocycles. The van der Waals surface area contributed by atoms with E-state index < -0.39 is 0 Å². The maximum atomic E-state index is 12.4. The first-order valence-electron chi connectivity index (χ1n) is 23.1. The summed E-state index contributed by atoms with van der Waals surface area (Å²) in [5.74, 6) is 0. The van der Waals surface area contributed by atoms with Gasteiger partial charge in [0.1, 0.15) is 34.4 Å². The Morgan fingerprint density at radius 2 is 0.565 bits per heavy atom. The van der Waals surface area contributed by atoms with Crippen LogP contribution in [0.2, 0.25) is 0 Å². The van der Waals surface area contributed by atoms with Crippen molar-refractivity contribution in [1.82, 2.24) is 18.3 Å². The number of furan rings is 1. The molecule has 0 spiro atoms. The summed E-state index contributed by atoms with van der Waals surface area (Å²) < 4.78 is 15.6. The third kappa shape index (κ3) is 4.87. The Kier molecular flexibility index (Phi) is 7.51. The van der Waals surface area contributed by atoms with E-state index in [2.05, 4.69) is 212 Å². The highest BCUT2D eigenvalue weighted by Crippen LogP contribution is 2.49. The molecule has 0 N–H and O–H groups in total. The molecule has 69 heavy (non-hydrogen) atoms. The van der Waals surface area contributed by atoms with Crippen LogP contribution in [0.5, 0.6) is 0 Å². The van der Waals surface area contributed by atoms with Crippen molar-refractivity contribution >= 4 is 109 Å². The first kappa shape index (κ1) is 37.4. The van der Waals surface area contributed by atoms with Crippen LogP contribution in [0, 0.1) is 22.7 Å². The highest BCUT2D eigenvalue weighted by Gasteiger charge is 2.34. The predicted molar refractivity (Wildman–Crippen MR) is 281 cm³/mol. The molecule has 0 radical (unpaired) electrons. The average Bonchev–Trinajstić information content (AvgIpc) is 4.20. The molecule has 5 aromatic heterocycles. The van der Waals surface area contributed by atoms with Crippen molar-refractivity contribution in [2.24, 2.45) is 0 Å². The van der Waals surface area contributed by atoms with Gasteiger partial charge in [-0.15, -0.1) is 0 Å². The maximum absolute atomic E-state index is 12.4. The second kappa shape index (κ2) is 13.9. The molecule has 318 valence electrons. The molecule has 10 aromatic carbocycles. The van der Waals surface area contributed by atoms with Gasteiger partial charge in [-0.2, -0.15) is 10.5 Å². The molecule has 0 saturated carbocycles. The lowest BCUT2D eigenvalue weighted by atomic mass is 9.98. The fourth-order valence-electron chi connectivity index (χ4n) is 11.7. The van der Waals surface area contributed by atoms with E-state index in [1.165, 1.54) is 0 Å². The van der Waals surface area contributed by atoms with Gasteiger partial charge in [0.15, 0.2) is 0 Å². The molecular formula is C62H34N6O. The molecule has 0 aliphatic carbocycles. The van der Waals surface area contributed by atoms with Crippen LogP contribution in [0.4, 0.5) is 0 Å². The summed E-state index contributed by atoms with van der Waals surface area (Å²) in [5, 5.41) is 35.1. The van der Waals surface area contributed by atoms with Crippen LogP contribution in [0.15, 0.2) is 211 Å². The number of nitrogens with zero attached hydrogens (tertiary/aromatic N) is 6. The molecule has 5 heterocycles. The number of hydrogen-bond acceptors (Lipinski definition) is 3. The van der Waals surface area contributed by atoms with Crippen LogP contribution >= 0.6 is 0 Å². The zero-order valence-corrected chi connectivity index (χ0v) is 36.7. The Morgan fingerprint density at radius 1 is 0.261 bits per heavy atom. The molecule has 0 aliphatic rings. The van der Waals surface area contributed by atoms with Gasteiger partial charge in [-0.1, -0.05) is 146 Å². The Labute approximate surface area is 392 Å². The highest BCUT2D eigenvalue weighted by atomic mass is 16.3. The second-order valence-corrected chi connectivity index (χ2v) is 17.8. The van der Waals surface area contributed by atoms with Gasteiger partial charge >= 0.3 is 0 Å². The van der Waals surface area contributed by atoms with Crippen molar-refractivity contribution in [2.45, 2.75) is 0 Å². The van der Waals surface area contributed by atoms with E-state index in [1.54, 1.807) is 0 Å². The molecule has 0 fully saturated rings. The van der Waals surface area contributed by atoms with Crippen molar-refractivity contribution in [1.29, 1.82) is 10.5 Å². The predicted octanol–water partition coefficient (Wildman–Crippen LogP) is 15.7. The largest absolute Gasteiger partial charge is 0.456 e. The molecule has 15 aromatic rings. The molecule has 15 rings (SSSR count). The van der Waals surface area contributed by atoms with Gasteiger partial charge in [-0.3, -0.25) is 0 Å². The molecular weight excluding hydrogens is 845 g/mol. The van der Waals surface area contributed by atoms with Crippen LogP contribution in [0.25, 0.3) is 132 Å². The summed E-state index contributed by atoms with van der Waals surface area (Å²) in [6.45, 7) is 0. The Hall–Kier alpha value is -9.82. The van der Waals surface area contributed by atoms with Crippen molar-refractivity contribution in [3.05, 3.63) is 217 Å². The van der Waals surface area contributed by atoms with Gasteiger partial charge in [0.05, 0.1) is 66.9 Å². The molecule has 0 unspecified atom stereocenters. The molecule has 0 atom stereocenters. The number of nitriles is 2. The summed E-state index contributed by atoms with van der Waals surface area (Å²) in [6.07, 6.45) is 0. The van der Waals surface area contributed by atoms with Gasteiger partial charge in [-0.05, 0) is 54.6 Å². The van der Waals surface area contributed by atoms with E-state index in [0.717, 1.165) is 109 Å². The van der Waals surface area contributed by atoms with Crippen LogP contribution in [-0.2, 0) is 0 Å². The fraction of sp³-hybridized carbons (Fsp3) is 0.